The van der Waals surface area contributed by atoms with Crippen molar-refractivity contribution in [3.05, 3.63) is 24.0 Å². The summed E-state index contributed by atoms with van der Waals surface area (Å²) in [6, 6.07) is 2.30. The molecule has 0 aliphatic carbocycles. The molecule has 7 heteroatoms. The van der Waals surface area contributed by atoms with Gasteiger partial charge in [0, 0.05) is 12.6 Å². The minimum Gasteiger partial charge on any atom is -0.495 e. The Kier molecular flexibility index (Phi) is 5.66. The molecule has 0 heterocycles. The second kappa shape index (κ2) is 6.79. The van der Waals surface area contributed by atoms with Crippen LogP contribution in [0.15, 0.2) is 18.2 Å². The molecule has 0 N–H and O–H groups in total. The summed E-state index contributed by atoms with van der Waals surface area (Å²) in [7, 11) is 0. The highest BCUT2D eigenvalue weighted by Crippen LogP contribution is 2.19. The molecule has 0 bridgehead atoms. The smallest absolute Gasteiger partial charge is 0.495 e. The zero-order chi connectivity index (χ0) is 14.5. The summed E-state index contributed by atoms with van der Waals surface area (Å²) in [5.41, 5.74) is -0.888. The van der Waals surface area contributed by atoms with Gasteiger partial charge in [0.05, 0.1) is 5.75 Å². The van der Waals surface area contributed by atoms with E-state index in [4.69, 9.17) is 4.74 Å². The van der Waals surface area contributed by atoms with Gasteiger partial charge in [-0.1, -0.05) is 25.4 Å². The Morgan fingerprint density at radius 1 is 1.16 bits per heavy atom. The van der Waals surface area contributed by atoms with Crippen LogP contribution < -0.4 is 10.2 Å². The van der Waals surface area contributed by atoms with Gasteiger partial charge < -0.3 is 22.6 Å². The summed E-state index contributed by atoms with van der Waals surface area (Å²) in [6.45, 7) is 0.901. The average molecular weight is 278 g/mol. The van der Waals surface area contributed by atoms with E-state index in [-0.39, 0.29) is 6.61 Å². The Bertz CT molecular complexity index is 407. The summed E-state index contributed by atoms with van der Waals surface area (Å²) >= 11 is 0. The number of hydrogen-bond acceptors (Lipinski definition) is 2. The van der Waals surface area contributed by atoms with Crippen molar-refractivity contribution in [2.75, 3.05) is 26.2 Å². The largest absolute Gasteiger partial charge is 0.513 e. The Balaban J connectivity index is 2.74. The van der Waals surface area contributed by atoms with Crippen LogP contribution in [0.3, 0.4) is 0 Å². The molecule has 108 valence electrons. The van der Waals surface area contributed by atoms with Crippen LogP contribution in [0.4, 0.5) is 17.3 Å². The second-order valence-corrected chi connectivity index (χ2v) is 4.13. The summed E-state index contributed by atoms with van der Waals surface area (Å²) in [6.07, 6.45) is 0. The minimum absolute atomic E-state index is 0.101. The number of likely N-dealkylation sites (N-methyl/N-ethyl adjacent to an activating group) is 1. The molecule has 0 aliphatic heterocycles. The van der Waals surface area contributed by atoms with Crippen molar-refractivity contribution in [3.8, 4) is 5.75 Å². The molecule has 1 aromatic carbocycles. The van der Waals surface area contributed by atoms with Crippen molar-refractivity contribution in [1.29, 1.82) is 0 Å². The third-order valence-electron chi connectivity index (χ3n) is 2.89. The third kappa shape index (κ3) is 4.74. The lowest BCUT2D eigenvalue weighted by molar-refractivity contribution is 0.223. The fourth-order valence-electron chi connectivity index (χ4n) is 1.73. The van der Waals surface area contributed by atoms with Crippen LogP contribution in [0.1, 0.15) is 13.8 Å². The van der Waals surface area contributed by atoms with Gasteiger partial charge >= 0.3 is 6.98 Å². The van der Waals surface area contributed by atoms with Gasteiger partial charge in [0.25, 0.3) is 0 Å². The van der Waals surface area contributed by atoms with Crippen LogP contribution in [0.5, 0.6) is 5.75 Å². The van der Waals surface area contributed by atoms with Gasteiger partial charge in [-0.2, -0.15) is 0 Å². The molecule has 0 saturated heterocycles. The normalized spacial score (nSPS) is 11.9. The first-order chi connectivity index (χ1) is 8.88. The van der Waals surface area contributed by atoms with E-state index in [2.05, 4.69) is 0 Å². The lowest BCUT2D eigenvalue weighted by atomic mass is 9.79. The molecule has 0 atom stereocenters. The Morgan fingerprint density at radius 3 is 2.32 bits per heavy atom. The zero-order valence-electron chi connectivity index (χ0n) is 11.0. The molecule has 2 nitrogen and oxygen atoms in total. The monoisotopic (exact) mass is 278 g/mol. The van der Waals surface area contributed by atoms with Gasteiger partial charge in [0.15, 0.2) is 0 Å². The van der Waals surface area contributed by atoms with E-state index in [1.165, 1.54) is 0 Å². The quantitative estimate of drug-likeness (QED) is 0.561. The van der Waals surface area contributed by atoms with Crippen molar-refractivity contribution in [2.45, 2.75) is 13.8 Å². The van der Waals surface area contributed by atoms with E-state index in [1.807, 2.05) is 18.7 Å². The van der Waals surface area contributed by atoms with Crippen LogP contribution in [-0.4, -0.2) is 38.1 Å². The molecule has 0 spiro atoms. The summed E-state index contributed by atoms with van der Waals surface area (Å²) in [5, 5.41) is 0. The Hall–Kier alpha value is -1.24. The first-order valence-corrected chi connectivity index (χ1v) is 6.23. The van der Waals surface area contributed by atoms with Crippen molar-refractivity contribution in [2.24, 2.45) is 0 Å². The molecule has 0 saturated carbocycles. The highest BCUT2D eigenvalue weighted by molar-refractivity contribution is 6.74. The molecular weight excluding hydrogens is 261 g/mol. The second-order valence-electron chi connectivity index (χ2n) is 4.13. The first-order valence-electron chi connectivity index (χ1n) is 6.23. The van der Waals surface area contributed by atoms with Gasteiger partial charge in [-0.05, 0) is 19.2 Å². The standard InChI is InChI=1S/C12H17BF4NO/c1-3-18(4-2)7-8-19-12-9-10(14)5-6-11(12)13(15,16)17/h5-6,9H,3-4,7-8H2,1-2H3/q-1. The number of rotatable bonds is 7. The zero-order valence-corrected chi connectivity index (χ0v) is 11.0. The van der Waals surface area contributed by atoms with E-state index >= 15 is 0 Å². The molecule has 1 rings (SSSR count). The van der Waals surface area contributed by atoms with Crippen LogP contribution >= 0.6 is 0 Å². The Morgan fingerprint density at radius 2 is 1.79 bits per heavy atom. The van der Waals surface area contributed by atoms with E-state index in [9.17, 15) is 17.3 Å². The fraction of sp³-hybridized carbons (Fsp3) is 0.500. The average Bonchev–Trinajstić information content (AvgIpc) is 2.33. The minimum atomic E-state index is -5.20. The number of nitrogens with zero attached hydrogens (tertiary/aromatic N) is 1. The summed E-state index contributed by atoms with van der Waals surface area (Å²) in [5.74, 6) is -1.17. The van der Waals surface area contributed by atoms with Gasteiger partial charge in [0.2, 0.25) is 0 Å². The van der Waals surface area contributed by atoms with Crippen LogP contribution in [0.25, 0.3) is 0 Å². The van der Waals surface area contributed by atoms with Gasteiger partial charge in [-0.15, -0.1) is 0 Å². The maximum absolute atomic E-state index is 13.0. The molecule has 19 heavy (non-hydrogen) atoms. The highest BCUT2D eigenvalue weighted by Gasteiger charge is 2.29. The van der Waals surface area contributed by atoms with Crippen LogP contribution in [0.2, 0.25) is 0 Å². The molecule has 0 unspecified atom stereocenters. The van der Waals surface area contributed by atoms with Crippen LogP contribution in [-0.2, 0) is 0 Å². The molecule has 0 aliphatic rings. The molecule has 1 aromatic rings. The predicted molar refractivity (Wildman–Crippen MR) is 68.4 cm³/mol. The fourth-order valence-corrected chi connectivity index (χ4v) is 1.73. The maximum Gasteiger partial charge on any atom is 0.513 e. The van der Waals surface area contributed by atoms with Crippen molar-refractivity contribution in [1.82, 2.24) is 4.90 Å². The summed E-state index contributed by atoms with van der Waals surface area (Å²) in [4.78, 5) is 2.01. The van der Waals surface area contributed by atoms with E-state index in [0.29, 0.717) is 6.54 Å². The van der Waals surface area contributed by atoms with E-state index < -0.39 is 24.0 Å². The third-order valence-corrected chi connectivity index (χ3v) is 2.89. The van der Waals surface area contributed by atoms with Gasteiger partial charge in [0.1, 0.15) is 12.4 Å². The summed E-state index contributed by atoms with van der Waals surface area (Å²) < 4.78 is 56.3. The highest BCUT2D eigenvalue weighted by atomic mass is 19.4. The van der Waals surface area contributed by atoms with Crippen molar-refractivity contribution >= 4 is 12.4 Å². The molecule has 0 radical (unpaired) electrons. The topological polar surface area (TPSA) is 12.5 Å². The lowest BCUT2D eigenvalue weighted by Gasteiger charge is -2.22. The van der Waals surface area contributed by atoms with Crippen LogP contribution in [0, 0.1) is 5.82 Å². The number of benzene rings is 1. The molecular formula is C12H17BF4NO-. The number of halogens is 4. The lowest BCUT2D eigenvalue weighted by Crippen LogP contribution is -2.36. The van der Waals surface area contributed by atoms with Crippen molar-refractivity contribution in [3.63, 3.8) is 0 Å². The first kappa shape index (κ1) is 15.8. The Labute approximate surface area is 110 Å². The SMILES string of the molecule is CCN(CC)CCOc1cc(F)ccc1[B-](F)(F)F. The molecule has 0 amide bonds. The number of ether oxygens (including phenoxy) is 1. The van der Waals surface area contributed by atoms with Gasteiger partial charge in [-0.25, -0.2) is 4.39 Å². The van der Waals surface area contributed by atoms with E-state index in [0.717, 1.165) is 31.3 Å². The van der Waals surface area contributed by atoms with E-state index in [1.54, 1.807) is 0 Å². The predicted octanol–water partition coefficient (Wildman–Crippen LogP) is 2.60. The van der Waals surface area contributed by atoms with Crippen molar-refractivity contribution < 1.29 is 22.1 Å². The molecule has 0 fully saturated rings. The molecule has 0 aromatic heterocycles. The van der Waals surface area contributed by atoms with Gasteiger partial charge in [-0.3, -0.25) is 0 Å². The number of hydrogen-bond donors (Lipinski definition) is 0. The maximum atomic E-state index is 13.0.